The normalized spacial score (nSPS) is 26.5. The zero-order chi connectivity index (χ0) is 36.6. The van der Waals surface area contributed by atoms with Gasteiger partial charge < -0.3 is 39.9 Å². The third kappa shape index (κ3) is 6.51. The topological polar surface area (TPSA) is 175 Å². The van der Waals surface area contributed by atoms with Crippen LogP contribution < -0.4 is 10.6 Å². The number of methoxy groups -OCH3 is 2. The Morgan fingerprint density at radius 1 is 0.731 bits per heavy atom. The summed E-state index contributed by atoms with van der Waals surface area (Å²) in [6.45, 7) is 4.60. The highest BCUT2D eigenvalue weighted by molar-refractivity contribution is 5.86. The van der Waals surface area contributed by atoms with E-state index in [1.807, 2.05) is 17.3 Å². The van der Waals surface area contributed by atoms with Gasteiger partial charge in [-0.25, -0.2) is 19.6 Å². The number of nitrogens with zero attached hydrogens (tertiary/aromatic N) is 4. The molecule has 2 bridgehead atoms. The van der Waals surface area contributed by atoms with Crippen molar-refractivity contribution >= 4 is 24.0 Å². The second-order valence-electron chi connectivity index (χ2n) is 15.1. The van der Waals surface area contributed by atoms with Gasteiger partial charge in [-0.3, -0.25) is 9.59 Å². The first-order valence-corrected chi connectivity index (χ1v) is 18.6. The van der Waals surface area contributed by atoms with Gasteiger partial charge in [0.2, 0.25) is 11.8 Å². The van der Waals surface area contributed by atoms with Gasteiger partial charge in [0, 0.05) is 30.4 Å². The van der Waals surface area contributed by atoms with Crippen molar-refractivity contribution in [2.24, 2.45) is 0 Å². The number of H-pyrrole nitrogens is 2. The predicted octanol–water partition coefficient (Wildman–Crippen LogP) is 5.16. The lowest BCUT2D eigenvalue weighted by molar-refractivity contribution is -0.134. The van der Waals surface area contributed by atoms with E-state index in [9.17, 15) is 19.2 Å². The highest BCUT2D eigenvalue weighted by atomic mass is 16.5. The zero-order valence-corrected chi connectivity index (χ0v) is 30.5. The monoisotopic (exact) mass is 714 g/mol. The Balaban J connectivity index is 0.984. The van der Waals surface area contributed by atoms with Crippen molar-refractivity contribution in [1.29, 1.82) is 0 Å². The average molecular weight is 715 g/mol. The van der Waals surface area contributed by atoms with Crippen LogP contribution in [0.5, 0.6) is 0 Å². The van der Waals surface area contributed by atoms with Crippen LogP contribution in [0, 0.1) is 0 Å². The SMILES string of the molecule is COC(=O)NC(C)C(=O)N1CCC[C@H]1c1ncc(C23CCC(c4ccc(-c5cnc([C@@H]6CCCN6C(=O)[C@H](C)NC(=O)OC)[nH]5)cc4)(CC2)CC3)[nH]1. The van der Waals surface area contributed by atoms with E-state index in [1.165, 1.54) is 25.5 Å². The lowest BCUT2D eigenvalue weighted by atomic mass is 9.51. The number of benzene rings is 1. The Hall–Kier alpha value is -4.88. The molecule has 4 atom stereocenters. The summed E-state index contributed by atoms with van der Waals surface area (Å²) in [6.07, 6.45) is 12.6. The molecule has 2 aliphatic heterocycles. The second kappa shape index (κ2) is 14.3. The predicted molar refractivity (Wildman–Crippen MR) is 191 cm³/mol. The molecule has 4 amide bonds. The number of aromatic amines is 2. The summed E-state index contributed by atoms with van der Waals surface area (Å²) in [6, 6.07) is 7.23. The van der Waals surface area contributed by atoms with Crippen molar-refractivity contribution in [3.05, 3.63) is 59.6 Å². The van der Waals surface area contributed by atoms with E-state index in [0.29, 0.717) is 13.1 Å². The van der Waals surface area contributed by atoms with Crippen LogP contribution in [-0.4, -0.2) is 93.1 Å². The molecule has 14 heteroatoms. The Labute approximate surface area is 303 Å². The molecule has 4 heterocycles. The summed E-state index contributed by atoms with van der Waals surface area (Å²) in [5.74, 6) is 1.30. The minimum atomic E-state index is -0.691. The minimum Gasteiger partial charge on any atom is -0.453 e. The molecule has 52 heavy (non-hydrogen) atoms. The number of aromatic nitrogens is 4. The van der Waals surface area contributed by atoms with E-state index in [-0.39, 0.29) is 34.7 Å². The number of alkyl carbamates (subject to hydrolysis) is 2. The van der Waals surface area contributed by atoms with Gasteiger partial charge in [0.15, 0.2) is 0 Å². The van der Waals surface area contributed by atoms with Crippen LogP contribution in [0.15, 0.2) is 36.7 Å². The maximum Gasteiger partial charge on any atom is 0.407 e. The Morgan fingerprint density at radius 3 is 1.73 bits per heavy atom. The van der Waals surface area contributed by atoms with Gasteiger partial charge in [-0.2, -0.15) is 0 Å². The van der Waals surface area contributed by atoms with Crippen molar-refractivity contribution in [2.75, 3.05) is 27.3 Å². The summed E-state index contributed by atoms with van der Waals surface area (Å²) in [5, 5.41) is 5.17. The van der Waals surface area contributed by atoms with Crippen LogP contribution in [0.3, 0.4) is 0 Å². The molecule has 0 radical (unpaired) electrons. The van der Waals surface area contributed by atoms with Gasteiger partial charge in [-0.1, -0.05) is 24.3 Å². The first-order chi connectivity index (χ1) is 25.1. The van der Waals surface area contributed by atoms with Gasteiger partial charge in [0.25, 0.3) is 0 Å². The molecule has 2 aromatic heterocycles. The molecule has 5 aliphatic rings. The molecular weight excluding hydrogens is 664 g/mol. The van der Waals surface area contributed by atoms with Crippen LogP contribution in [-0.2, 0) is 29.9 Å². The molecule has 8 rings (SSSR count). The standard InChI is InChI=1S/C38H50N8O6/c1-23(41-35(49)51-3)33(47)45-19-5-7-28(45)31-39-21-27(43-31)25-9-11-26(12-10-25)37-13-16-38(17-14-37,18-15-37)30-22-40-32(44-30)29-8-6-20-46(29)34(48)24(2)42-36(50)52-4/h9-12,21-24,28-29H,5-8,13-20H2,1-4H3,(H,39,43)(H,40,44)(H,41,49)(H,42,50)/t23-,24?,28-,29-,37?,38?/m0/s1. The van der Waals surface area contributed by atoms with Crippen LogP contribution in [0.1, 0.15) is 113 Å². The Kier molecular flexibility index (Phi) is 9.75. The van der Waals surface area contributed by atoms with Crippen molar-refractivity contribution in [1.82, 2.24) is 40.4 Å². The number of ether oxygens (including phenoxy) is 2. The summed E-state index contributed by atoms with van der Waals surface area (Å²) in [5.41, 5.74) is 4.74. The third-order valence-electron chi connectivity index (χ3n) is 12.3. The van der Waals surface area contributed by atoms with E-state index in [4.69, 9.17) is 4.98 Å². The lowest BCUT2D eigenvalue weighted by Gasteiger charge is -2.53. The van der Waals surface area contributed by atoms with Crippen LogP contribution in [0.25, 0.3) is 11.3 Å². The third-order valence-corrected chi connectivity index (χ3v) is 12.3. The average Bonchev–Trinajstić information content (AvgIpc) is 4.01. The summed E-state index contributed by atoms with van der Waals surface area (Å²) in [7, 11) is 2.57. The number of amides is 4. The number of rotatable bonds is 9. The number of fused-ring (bicyclic) bond motifs is 3. The molecule has 3 aliphatic carbocycles. The molecule has 3 saturated carbocycles. The Morgan fingerprint density at radius 2 is 1.21 bits per heavy atom. The first-order valence-electron chi connectivity index (χ1n) is 18.6. The fraction of sp³-hybridized carbons (Fsp3) is 0.579. The maximum atomic E-state index is 13.2. The maximum absolute atomic E-state index is 13.2. The van der Waals surface area contributed by atoms with Crippen LogP contribution >= 0.6 is 0 Å². The van der Waals surface area contributed by atoms with Gasteiger partial charge >= 0.3 is 12.2 Å². The first kappa shape index (κ1) is 35.5. The number of carbonyl (C=O) groups excluding carboxylic acids is 4. The van der Waals surface area contributed by atoms with Gasteiger partial charge in [-0.15, -0.1) is 0 Å². The van der Waals surface area contributed by atoms with Gasteiger partial charge in [-0.05, 0) is 94.6 Å². The molecule has 278 valence electrons. The summed E-state index contributed by atoms with van der Waals surface area (Å²) in [4.78, 5) is 70.0. The second-order valence-corrected chi connectivity index (χ2v) is 15.1. The quantitative estimate of drug-likeness (QED) is 0.235. The van der Waals surface area contributed by atoms with Crippen molar-refractivity contribution in [3.8, 4) is 11.3 Å². The highest BCUT2D eigenvalue weighted by Crippen LogP contribution is 2.58. The zero-order valence-electron chi connectivity index (χ0n) is 30.5. The number of imidazole rings is 2. The number of hydrogen-bond donors (Lipinski definition) is 4. The summed E-state index contributed by atoms with van der Waals surface area (Å²) >= 11 is 0. The summed E-state index contributed by atoms with van der Waals surface area (Å²) < 4.78 is 9.34. The molecule has 14 nitrogen and oxygen atoms in total. The number of likely N-dealkylation sites (tertiary alicyclic amines) is 2. The van der Waals surface area contributed by atoms with Crippen LogP contribution in [0.2, 0.25) is 0 Å². The fourth-order valence-corrected chi connectivity index (χ4v) is 9.18. The Bertz CT molecular complexity index is 1780. The molecular formula is C38H50N8O6. The molecule has 5 fully saturated rings. The van der Waals surface area contributed by atoms with E-state index in [2.05, 4.69) is 59.3 Å². The van der Waals surface area contributed by atoms with Gasteiger partial charge in [0.1, 0.15) is 23.7 Å². The highest BCUT2D eigenvalue weighted by Gasteiger charge is 2.51. The number of nitrogens with one attached hydrogen (secondary N) is 4. The van der Waals surface area contributed by atoms with E-state index in [1.54, 1.807) is 18.7 Å². The number of hydrogen-bond acceptors (Lipinski definition) is 8. The minimum absolute atomic E-state index is 0.0646. The molecule has 3 aromatic rings. The molecule has 1 unspecified atom stereocenters. The molecule has 1 aromatic carbocycles. The van der Waals surface area contributed by atoms with Crippen molar-refractivity contribution < 1.29 is 28.7 Å². The van der Waals surface area contributed by atoms with Crippen molar-refractivity contribution in [3.63, 3.8) is 0 Å². The molecule has 0 spiro atoms. The largest absolute Gasteiger partial charge is 0.453 e. The molecule has 2 saturated heterocycles. The fourth-order valence-electron chi connectivity index (χ4n) is 9.18. The van der Waals surface area contributed by atoms with E-state index >= 15 is 0 Å². The van der Waals surface area contributed by atoms with E-state index < -0.39 is 24.3 Å². The van der Waals surface area contributed by atoms with Crippen molar-refractivity contribution in [2.45, 2.75) is 113 Å². The number of carbonyl (C=O) groups is 4. The van der Waals surface area contributed by atoms with E-state index in [0.717, 1.165) is 87.1 Å². The van der Waals surface area contributed by atoms with Gasteiger partial charge in [0.05, 0.1) is 38.2 Å². The van der Waals surface area contributed by atoms with Crippen LogP contribution in [0.4, 0.5) is 9.59 Å². The smallest absolute Gasteiger partial charge is 0.407 e. The lowest BCUT2D eigenvalue weighted by Crippen LogP contribution is -2.47. The molecule has 4 N–H and O–H groups in total.